The van der Waals surface area contributed by atoms with Crippen molar-refractivity contribution in [2.75, 3.05) is 25.2 Å². The molecule has 1 fully saturated rings. The minimum Gasteiger partial charge on any atom is -0.468 e. The number of esters is 1. The van der Waals surface area contributed by atoms with Crippen molar-refractivity contribution in [2.45, 2.75) is 24.6 Å². The summed E-state index contributed by atoms with van der Waals surface area (Å²) in [6, 6.07) is 8.98. The van der Waals surface area contributed by atoms with E-state index in [2.05, 4.69) is 14.8 Å². The minimum absolute atomic E-state index is 0.122. The molecule has 13 heteroatoms. The van der Waals surface area contributed by atoms with Crippen LogP contribution in [0.1, 0.15) is 13.2 Å². The van der Waals surface area contributed by atoms with Gasteiger partial charge >= 0.3 is 19.4 Å². The molecule has 4 unspecified atom stereocenters. The van der Waals surface area contributed by atoms with Crippen molar-refractivity contribution in [3.05, 3.63) is 53.1 Å². The summed E-state index contributed by atoms with van der Waals surface area (Å²) in [4.78, 5) is 27.4. The van der Waals surface area contributed by atoms with Gasteiger partial charge in [0.15, 0.2) is 0 Å². The summed E-state index contributed by atoms with van der Waals surface area (Å²) in [7, 11) is -2.74. The van der Waals surface area contributed by atoms with Gasteiger partial charge in [0.2, 0.25) is 0 Å². The number of methoxy groups -OCH3 is 1. The van der Waals surface area contributed by atoms with Gasteiger partial charge in [0.25, 0.3) is 0 Å². The monoisotopic (exact) mass is 470 g/mol. The van der Waals surface area contributed by atoms with E-state index in [0.717, 1.165) is 0 Å². The molecule has 1 aliphatic heterocycles. The number of hydrogen-bond donors (Lipinski definition) is 2. The van der Waals surface area contributed by atoms with Crippen LogP contribution in [0.4, 0.5) is 5.82 Å². The second-order valence-electron chi connectivity index (χ2n) is 6.47. The molecule has 1 aromatic heterocycles. The molecule has 0 spiro atoms. The number of benzene rings is 1. The van der Waals surface area contributed by atoms with E-state index in [-0.39, 0.29) is 12.4 Å². The maximum atomic E-state index is 13.3. The molecule has 1 saturated heterocycles. The number of aromatic nitrogens is 2. The summed E-state index contributed by atoms with van der Waals surface area (Å²) in [5.74, 6) is 0.252. The van der Waals surface area contributed by atoms with E-state index < -0.39 is 37.1 Å². The van der Waals surface area contributed by atoms with Crippen LogP contribution < -0.4 is 21.0 Å². The molecule has 11 nitrogen and oxygen atoms in total. The highest BCUT2D eigenvalue weighted by Gasteiger charge is 2.35. The van der Waals surface area contributed by atoms with Gasteiger partial charge in [0.1, 0.15) is 29.3 Å². The van der Waals surface area contributed by atoms with Crippen molar-refractivity contribution in [3.8, 4) is 5.75 Å². The van der Waals surface area contributed by atoms with Gasteiger partial charge in [-0.05, 0) is 25.1 Å². The molecule has 3 N–H and O–H groups in total. The van der Waals surface area contributed by atoms with E-state index >= 15 is 0 Å². The Kier molecular flexibility index (Phi) is 7.74. The van der Waals surface area contributed by atoms with Gasteiger partial charge in [-0.1, -0.05) is 18.2 Å². The molecule has 31 heavy (non-hydrogen) atoms. The third kappa shape index (κ3) is 6.31. The van der Waals surface area contributed by atoms with Crippen LogP contribution in [-0.4, -0.2) is 46.5 Å². The molecule has 4 atom stereocenters. The molecule has 1 aliphatic rings. The Morgan fingerprint density at radius 3 is 2.84 bits per heavy atom. The first-order valence-corrected chi connectivity index (χ1v) is 11.9. The zero-order chi connectivity index (χ0) is 22.4. The largest absolute Gasteiger partial charge is 0.468 e. The molecular weight excluding hydrogens is 447 g/mol. The van der Waals surface area contributed by atoms with Gasteiger partial charge in [-0.3, -0.25) is 13.9 Å². The Morgan fingerprint density at radius 1 is 1.42 bits per heavy atom. The van der Waals surface area contributed by atoms with E-state index in [0.29, 0.717) is 11.5 Å². The third-order valence-electron chi connectivity index (χ3n) is 4.15. The summed E-state index contributed by atoms with van der Waals surface area (Å²) in [5, 5.41) is 2.57. The maximum absolute atomic E-state index is 13.3. The third-order valence-corrected chi connectivity index (χ3v) is 6.89. The summed E-state index contributed by atoms with van der Waals surface area (Å²) in [6.07, 6.45) is 0.929. The first-order chi connectivity index (χ1) is 14.8. The van der Waals surface area contributed by atoms with Crippen LogP contribution in [0.5, 0.6) is 5.75 Å². The number of nitrogens with one attached hydrogen (secondary N) is 1. The van der Waals surface area contributed by atoms with Crippen LogP contribution in [0.3, 0.4) is 0 Å². The molecule has 0 amide bonds. The Hall–Kier alpha value is -2.37. The Labute approximate surface area is 182 Å². The lowest BCUT2D eigenvalue weighted by Crippen LogP contribution is -2.35. The first-order valence-electron chi connectivity index (χ1n) is 9.26. The topological polar surface area (TPSA) is 144 Å². The van der Waals surface area contributed by atoms with E-state index in [9.17, 15) is 14.2 Å². The number of thioether (sulfide) groups is 1. The van der Waals surface area contributed by atoms with Crippen LogP contribution >= 0.6 is 19.5 Å². The quantitative estimate of drug-likeness (QED) is 0.409. The van der Waals surface area contributed by atoms with E-state index in [1.165, 1.54) is 42.6 Å². The average molecular weight is 470 g/mol. The molecule has 2 aromatic rings. The van der Waals surface area contributed by atoms with E-state index in [1.54, 1.807) is 30.3 Å². The number of carbonyl (C=O) groups excluding carboxylic acids is 1. The zero-order valence-electron chi connectivity index (χ0n) is 16.9. The van der Waals surface area contributed by atoms with Crippen molar-refractivity contribution in [2.24, 2.45) is 0 Å². The molecule has 0 bridgehead atoms. The highest BCUT2D eigenvalue weighted by atomic mass is 32.2. The summed E-state index contributed by atoms with van der Waals surface area (Å²) in [5.41, 5.74) is 4.45. The number of carbonyl (C=O) groups is 1. The number of para-hydroxylation sites is 1. The number of rotatable bonds is 9. The average Bonchev–Trinajstić information content (AvgIpc) is 3.21. The number of hydrogen-bond acceptors (Lipinski definition) is 10. The number of nitrogens with two attached hydrogens (primary N) is 1. The van der Waals surface area contributed by atoms with Crippen molar-refractivity contribution in [1.82, 2.24) is 14.6 Å². The lowest BCUT2D eigenvalue weighted by atomic mass is 10.3. The Balaban J connectivity index is 1.66. The lowest BCUT2D eigenvalue weighted by molar-refractivity contribution is -0.142. The highest BCUT2D eigenvalue weighted by Crippen LogP contribution is 2.46. The fourth-order valence-corrected chi connectivity index (χ4v) is 5.24. The van der Waals surface area contributed by atoms with Crippen molar-refractivity contribution in [1.29, 1.82) is 0 Å². The molecule has 1 aromatic carbocycles. The van der Waals surface area contributed by atoms with Crippen LogP contribution in [-0.2, 0) is 23.4 Å². The number of ether oxygens (including phenoxy) is 2. The van der Waals surface area contributed by atoms with Crippen LogP contribution in [0, 0.1) is 0 Å². The second-order valence-corrected chi connectivity index (χ2v) is 9.35. The molecule has 168 valence electrons. The minimum atomic E-state index is -3.97. The summed E-state index contributed by atoms with van der Waals surface area (Å²) < 4.78 is 36.2. The Morgan fingerprint density at radius 2 is 2.16 bits per heavy atom. The predicted molar refractivity (Wildman–Crippen MR) is 115 cm³/mol. The van der Waals surface area contributed by atoms with E-state index in [1.807, 2.05) is 0 Å². The summed E-state index contributed by atoms with van der Waals surface area (Å²) in [6.45, 7) is 1.36. The van der Waals surface area contributed by atoms with Crippen LogP contribution in [0.15, 0.2) is 47.4 Å². The predicted octanol–water partition coefficient (Wildman–Crippen LogP) is 1.77. The fraction of sp³-hybridized carbons (Fsp3) is 0.389. The highest BCUT2D eigenvalue weighted by molar-refractivity contribution is 8.00. The molecule has 0 radical (unpaired) electrons. The normalized spacial score (nSPS) is 21.2. The summed E-state index contributed by atoms with van der Waals surface area (Å²) >= 11 is 1.37. The second kappa shape index (κ2) is 10.3. The number of anilines is 1. The number of nitrogens with zero attached hydrogens (tertiary/aromatic N) is 2. The van der Waals surface area contributed by atoms with Gasteiger partial charge in [0.05, 0.1) is 13.7 Å². The molecule has 0 saturated carbocycles. The Bertz CT molecular complexity index is 1010. The molecule has 2 heterocycles. The first kappa shape index (κ1) is 23.3. The number of nitrogen functional groups attached to an aromatic ring is 1. The van der Waals surface area contributed by atoms with Gasteiger partial charge in [-0.15, -0.1) is 11.8 Å². The van der Waals surface area contributed by atoms with Gasteiger partial charge in [-0.25, -0.2) is 9.36 Å². The van der Waals surface area contributed by atoms with Crippen LogP contribution in [0.2, 0.25) is 0 Å². The molecule has 3 rings (SSSR count). The van der Waals surface area contributed by atoms with E-state index in [4.69, 9.17) is 19.5 Å². The molecular formula is C18H23N4O7PS. The zero-order valence-corrected chi connectivity index (χ0v) is 18.6. The smallest absolute Gasteiger partial charge is 0.459 e. The van der Waals surface area contributed by atoms with Gasteiger partial charge < -0.3 is 19.7 Å². The molecule has 0 aliphatic carbocycles. The van der Waals surface area contributed by atoms with Crippen molar-refractivity contribution >= 4 is 31.3 Å². The SMILES string of the molecule is COC(=O)C(C)NP(=O)(OCC1OC(n2ccc(N)nc2=O)CS1)Oc1ccccc1. The van der Waals surface area contributed by atoms with Gasteiger partial charge in [-0.2, -0.15) is 10.1 Å². The fourth-order valence-electron chi connectivity index (χ4n) is 2.66. The maximum Gasteiger partial charge on any atom is 0.459 e. The standard InChI is InChI=1S/C18H23N4O7PS/c1-12(17(23)26-2)21-30(25,29-13-6-4-3-5-7-13)27-10-16-28-15(11-31-16)22-9-8-14(19)20-18(22)24/h3-9,12,15-16H,10-11H2,1-2H3,(H,21,25)(H2,19,20,24). The van der Waals surface area contributed by atoms with Gasteiger partial charge in [0, 0.05) is 11.9 Å². The van der Waals surface area contributed by atoms with Crippen molar-refractivity contribution in [3.63, 3.8) is 0 Å². The van der Waals surface area contributed by atoms with Crippen molar-refractivity contribution < 1.29 is 27.9 Å². The van der Waals surface area contributed by atoms with Crippen LogP contribution in [0.25, 0.3) is 0 Å². The lowest BCUT2D eigenvalue weighted by Gasteiger charge is -2.23.